The Labute approximate surface area is 166 Å². The molecular weight excluding hydrogens is 402 g/mol. The maximum absolute atomic E-state index is 13.0. The molecule has 148 valence electrons. The number of fused-ring (bicyclic) bond motifs is 1. The van der Waals surface area contributed by atoms with E-state index in [2.05, 4.69) is 19.0 Å². The molecule has 9 nitrogen and oxygen atoms in total. The largest absolute Gasteiger partial charge is 0.459 e. The Morgan fingerprint density at radius 1 is 1.14 bits per heavy atom. The van der Waals surface area contributed by atoms with E-state index >= 15 is 0 Å². The summed E-state index contributed by atoms with van der Waals surface area (Å²) in [5.74, 6) is 0.0257. The van der Waals surface area contributed by atoms with E-state index in [4.69, 9.17) is 4.42 Å². The van der Waals surface area contributed by atoms with Crippen LogP contribution in [-0.2, 0) is 10.0 Å². The van der Waals surface area contributed by atoms with Crippen LogP contribution >= 0.6 is 11.7 Å². The van der Waals surface area contributed by atoms with Crippen molar-refractivity contribution in [2.24, 2.45) is 0 Å². The molecule has 28 heavy (non-hydrogen) atoms. The van der Waals surface area contributed by atoms with E-state index in [9.17, 15) is 13.2 Å². The molecule has 4 rings (SSSR count). The Morgan fingerprint density at radius 2 is 1.96 bits per heavy atom. The van der Waals surface area contributed by atoms with Gasteiger partial charge in [0.15, 0.2) is 5.76 Å². The highest BCUT2D eigenvalue weighted by Crippen LogP contribution is 2.25. The molecular formula is C17H19N5O4S2. The molecule has 1 fully saturated rings. The van der Waals surface area contributed by atoms with Gasteiger partial charge in [0.2, 0.25) is 10.0 Å². The first-order chi connectivity index (χ1) is 13.6. The van der Waals surface area contributed by atoms with Crippen molar-refractivity contribution in [1.82, 2.24) is 23.3 Å². The number of furan rings is 1. The van der Waals surface area contributed by atoms with Crippen molar-refractivity contribution >= 4 is 38.7 Å². The van der Waals surface area contributed by atoms with Crippen molar-refractivity contribution in [3.05, 3.63) is 42.4 Å². The molecule has 0 saturated carbocycles. The highest BCUT2D eigenvalue weighted by Gasteiger charge is 2.30. The van der Waals surface area contributed by atoms with Crippen LogP contribution in [0.1, 0.15) is 10.6 Å². The Morgan fingerprint density at radius 3 is 2.71 bits per heavy atom. The first-order valence-electron chi connectivity index (χ1n) is 8.81. The Bertz CT molecular complexity index is 1060. The second-order valence-corrected chi connectivity index (χ2v) is 8.80. The van der Waals surface area contributed by atoms with E-state index in [-0.39, 0.29) is 16.6 Å². The van der Waals surface area contributed by atoms with Crippen LogP contribution in [0.15, 0.2) is 45.9 Å². The molecule has 3 aromatic rings. The average Bonchev–Trinajstić information content (AvgIpc) is 3.39. The SMILES string of the molecule is O=C(NCCN1CCN(S(=O)(=O)c2cccc3nsnc23)CC1)c1ccco1. The van der Waals surface area contributed by atoms with Crippen LogP contribution in [0.2, 0.25) is 0 Å². The molecule has 1 aliphatic heterocycles. The molecule has 1 saturated heterocycles. The third-order valence-corrected chi connectivity index (χ3v) is 7.13. The molecule has 1 N–H and O–H groups in total. The number of carbonyl (C=O) groups excluding carboxylic acids is 1. The lowest BCUT2D eigenvalue weighted by Crippen LogP contribution is -2.50. The summed E-state index contributed by atoms with van der Waals surface area (Å²) in [5, 5.41) is 2.80. The van der Waals surface area contributed by atoms with Crippen molar-refractivity contribution in [2.75, 3.05) is 39.3 Å². The van der Waals surface area contributed by atoms with Gasteiger partial charge in [-0.05, 0) is 24.3 Å². The van der Waals surface area contributed by atoms with Crippen LogP contribution in [0.5, 0.6) is 0 Å². The van der Waals surface area contributed by atoms with Crippen LogP contribution < -0.4 is 5.32 Å². The average molecular weight is 422 g/mol. The van der Waals surface area contributed by atoms with Crippen LogP contribution in [0, 0.1) is 0 Å². The molecule has 11 heteroatoms. The van der Waals surface area contributed by atoms with Gasteiger partial charge in [-0.15, -0.1) is 0 Å². The van der Waals surface area contributed by atoms with Gasteiger partial charge in [-0.2, -0.15) is 13.1 Å². The number of hydrogen-bond donors (Lipinski definition) is 1. The Kier molecular flexibility index (Phi) is 5.40. The summed E-state index contributed by atoms with van der Waals surface area (Å²) in [4.78, 5) is 14.2. The first kappa shape index (κ1) is 19.0. The minimum Gasteiger partial charge on any atom is -0.459 e. The third-order valence-electron chi connectivity index (χ3n) is 4.66. The number of piperazine rings is 1. The second-order valence-electron chi connectivity index (χ2n) is 6.37. The Hall–Kier alpha value is -2.34. The van der Waals surface area contributed by atoms with Crippen molar-refractivity contribution in [2.45, 2.75) is 4.90 Å². The molecule has 1 aliphatic rings. The predicted octanol–water partition coefficient (Wildman–Crippen LogP) is 1.02. The van der Waals surface area contributed by atoms with E-state index in [0.29, 0.717) is 50.3 Å². The molecule has 0 atom stereocenters. The molecule has 3 heterocycles. The van der Waals surface area contributed by atoms with Gasteiger partial charge < -0.3 is 9.73 Å². The van der Waals surface area contributed by atoms with Gasteiger partial charge in [0.1, 0.15) is 15.9 Å². The fraction of sp³-hybridized carbons (Fsp3) is 0.353. The number of amides is 1. The smallest absolute Gasteiger partial charge is 0.287 e. The van der Waals surface area contributed by atoms with Gasteiger partial charge in [0, 0.05) is 39.3 Å². The second kappa shape index (κ2) is 7.95. The highest BCUT2D eigenvalue weighted by molar-refractivity contribution is 7.89. The quantitative estimate of drug-likeness (QED) is 0.633. The number of nitrogens with one attached hydrogen (secondary N) is 1. The summed E-state index contributed by atoms with van der Waals surface area (Å²) in [6, 6.07) is 8.30. The molecule has 0 aliphatic carbocycles. The minimum absolute atomic E-state index is 0.206. The van der Waals surface area contributed by atoms with E-state index in [0.717, 1.165) is 11.7 Å². The lowest BCUT2D eigenvalue weighted by molar-refractivity contribution is 0.0917. The normalized spacial score (nSPS) is 16.4. The van der Waals surface area contributed by atoms with Crippen LogP contribution in [0.25, 0.3) is 11.0 Å². The third kappa shape index (κ3) is 3.78. The van der Waals surface area contributed by atoms with Gasteiger partial charge in [0.25, 0.3) is 5.91 Å². The topological polar surface area (TPSA) is 109 Å². The molecule has 0 unspecified atom stereocenters. The van der Waals surface area contributed by atoms with Gasteiger partial charge >= 0.3 is 0 Å². The molecule has 0 bridgehead atoms. The number of aromatic nitrogens is 2. The zero-order valence-corrected chi connectivity index (χ0v) is 16.6. The van der Waals surface area contributed by atoms with Crippen molar-refractivity contribution in [1.29, 1.82) is 0 Å². The zero-order valence-electron chi connectivity index (χ0n) is 14.9. The van der Waals surface area contributed by atoms with Gasteiger partial charge in [-0.1, -0.05) is 6.07 Å². The summed E-state index contributed by atoms with van der Waals surface area (Å²) >= 11 is 1.01. The minimum atomic E-state index is -3.62. The molecule has 2 aromatic heterocycles. The number of rotatable bonds is 6. The molecule has 1 amide bonds. The molecule has 0 spiro atoms. The molecule has 1 aromatic carbocycles. The van der Waals surface area contributed by atoms with E-state index in [1.54, 1.807) is 30.3 Å². The summed E-state index contributed by atoms with van der Waals surface area (Å²) in [6.07, 6.45) is 1.46. The monoisotopic (exact) mass is 421 g/mol. The first-order valence-corrected chi connectivity index (χ1v) is 11.0. The summed E-state index contributed by atoms with van der Waals surface area (Å²) in [6.45, 7) is 3.09. The maximum Gasteiger partial charge on any atom is 0.287 e. The standard InChI is InChI=1S/C17H19N5O4S2/c23-17(14-4-2-12-26-14)18-6-7-21-8-10-22(11-9-21)28(24,25)15-5-1-3-13-16(15)20-27-19-13/h1-5,12H,6-11H2,(H,18,23). The maximum atomic E-state index is 13.0. The van der Waals surface area contributed by atoms with Gasteiger partial charge in [-0.3, -0.25) is 9.69 Å². The van der Waals surface area contributed by atoms with E-state index < -0.39 is 10.0 Å². The van der Waals surface area contributed by atoms with Crippen molar-refractivity contribution in [3.63, 3.8) is 0 Å². The van der Waals surface area contributed by atoms with E-state index in [1.165, 1.54) is 10.6 Å². The summed E-state index contributed by atoms with van der Waals surface area (Å²) < 4.78 is 40.8. The summed E-state index contributed by atoms with van der Waals surface area (Å²) in [5.41, 5.74) is 1.02. The number of nitrogens with zero attached hydrogens (tertiary/aromatic N) is 4. The lowest BCUT2D eigenvalue weighted by atomic mass is 10.3. The van der Waals surface area contributed by atoms with Crippen LogP contribution in [0.3, 0.4) is 0 Å². The van der Waals surface area contributed by atoms with E-state index in [1.807, 2.05) is 0 Å². The number of carbonyl (C=O) groups is 1. The Balaban J connectivity index is 1.32. The van der Waals surface area contributed by atoms with Gasteiger partial charge in [0.05, 0.1) is 18.0 Å². The predicted molar refractivity (Wildman–Crippen MR) is 104 cm³/mol. The zero-order chi connectivity index (χ0) is 19.6. The summed E-state index contributed by atoms with van der Waals surface area (Å²) in [7, 11) is -3.62. The number of hydrogen-bond acceptors (Lipinski definition) is 8. The van der Waals surface area contributed by atoms with Crippen molar-refractivity contribution < 1.29 is 17.6 Å². The van der Waals surface area contributed by atoms with Gasteiger partial charge in [-0.25, -0.2) is 8.42 Å². The number of benzene rings is 1. The highest BCUT2D eigenvalue weighted by atomic mass is 32.2. The molecule has 0 radical (unpaired) electrons. The number of sulfonamides is 1. The van der Waals surface area contributed by atoms with Crippen LogP contribution in [0.4, 0.5) is 0 Å². The lowest BCUT2D eigenvalue weighted by Gasteiger charge is -2.33. The van der Waals surface area contributed by atoms with Crippen molar-refractivity contribution in [3.8, 4) is 0 Å². The fourth-order valence-corrected chi connectivity index (χ4v) is 5.32. The van der Waals surface area contributed by atoms with Crippen LogP contribution in [-0.4, -0.2) is 71.5 Å². The fourth-order valence-electron chi connectivity index (χ4n) is 3.14.